The monoisotopic (exact) mass is 262 g/mol. The number of hydrogen-bond acceptors (Lipinski definition) is 2. The van der Waals surface area contributed by atoms with E-state index in [4.69, 9.17) is 5.11 Å². The molecule has 0 bridgehead atoms. The van der Waals surface area contributed by atoms with Crippen molar-refractivity contribution in [2.45, 2.75) is 26.3 Å². The summed E-state index contributed by atoms with van der Waals surface area (Å²) in [6, 6.07) is 7.55. The topological polar surface area (TPSA) is 78.4 Å². The Morgan fingerprint density at radius 2 is 1.84 bits per heavy atom. The van der Waals surface area contributed by atoms with Gasteiger partial charge in [-0.1, -0.05) is 29.8 Å². The molecule has 2 rings (SSSR count). The molecule has 0 atom stereocenters. The van der Waals surface area contributed by atoms with Gasteiger partial charge in [-0.05, 0) is 25.3 Å². The van der Waals surface area contributed by atoms with Gasteiger partial charge in [-0.25, -0.2) is 4.79 Å². The highest BCUT2D eigenvalue weighted by molar-refractivity contribution is 5.80. The number of carboxylic acid groups (broad SMARTS) is 1. The zero-order valence-corrected chi connectivity index (χ0v) is 10.9. The zero-order valence-electron chi connectivity index (χ0n) is 10.9. The molecule has 5 nitrogen and oxygen atoms in total. The van der Waals surface area contributed by atoms with Gasteiger partial charge in [-0.2, -0.15) is 0 Å². The fourth-order valence-corrected chi connectivity index (χ4v) is 1.82. The van der Waals surface area contributed by atoms with Gasteiger partial charge in [-0.15, -0.1) is 0 Å². The molecule has 1 aliphatic rings. The highest BCUT2D eigenvalue weighted by atomic mass is 16.4. The predicted molar refractivity (Wildman–Crippen MR) is 70.7 cm³/mol. The van der Waals surface area contributed by atoms with Crippen molar-refractivity contribution in [3.05, 3.63) is 35.4 Å². The van der Waals surface area contributed by atoms with Crippen LogP contribution in [0.4, 0.5) is 4.79 Å². The summed E-state index contributed by atoms with van der Waals surface area (Å²) in [4.78, 5) is 22.5. The molecule has 0 radical (unpaired) electrons. The Morgan fingerprint density at radius 1 is 1.21 bits per heavy atom. The Hall–Kier alpha value is -2.04. The van der Waals surface area contributed by atoms with Gasteiger partial charge in [0.25, 0.3) is 0 Å². The van der Waals surface area contributed by atoms with Crippen LogP contribution in [0.5, 0.6) is 0 Å². The molecule has 3 N–H and O–H groups in total. The van der Waals surface area contributed by atoms with Crippen molar-refractivity contribution >= 4 is 12.0 Å². The number of amides is 2. The van der Waals surface area contributed by atoms with Gasteiger partial charge in [0, 0.05) is 13.1 Å². The summed E-state index contributed by atoms with van der Waals surface area (Å²) >= 11 is 0. The minimum Gasteiger partial charge on any atom is -0.481 e. The van der Waals surface area contributed by atoms with Gasteiger partial charge in [0.2, 0.25) is 0 Å². The van der Waals surface area contributed by atoms with Crippen LogP contribution in [0.25, 0.3) is 0 Å². The molecule has 0 saturated heterocycles. The highest BCUT2D eigenvalue weighted by Crippen LogP contribution is 2.45. The first kappa shape index (κ1) is 13.4. The van der Waals surface area contributed by atoms with E-state index in [1.54, 1.807) is 0 Å². The summed E-state index contributed by atoms with van der Waals surface area (Å²) < 4.78 is 0. The van der Waals surface area contributed by atoms with E-state index in [-0.39, 0.29) is 12.6 Å². The molecule has 1 aromatic rings. The maximum atomic E-state index is 11.6. The summed E-state index contributed by atoms with van der Waals surface area (Å²) in [5, 5.41) is 14.3. The van der Waals surface area contributed by atoms with Crippen molar-refractivity contribution in [2.24, 2.45) is 5.41 Å². The standard InChI is InChI=1S/C14H18N2O3/c1-10-2-4-11(5-3-10)8-15-13(19)16-9-14(6-7-14)12(17)18/h2-5H,6-9H2,1H3,(H,17,18)(H2,15,16,19). The second kappa shape index (κ2) is 5.30. The van der Waals surface area contributed by atoms with Crippen molar-refractivity contribution in [1.82, 2.24) is 10.6 Å². The number of rotatable bonds is 5. The van der Waals surface area contributed by atoms with E-state index >= 15 is 0 Å². The van der Waals surface area contributed by atoms with E-state index in [1.165, 1.54) is 5.56 Å². The maximum Gasteiger partial charge on any atom is 0.315 e. The third kappa shape index (κ3) is 3.47. The summed E-state index contributed by atoms with van der Waals surface area (Å²) in [5.41, 5.74) is 1.46. The fourth-order valence-electron chi connectivity index (χ4n) is 1.82. The number of urea groups is 1. The molecule has 0 aromatic heterocycles. The lowest BCUT2D eigenvalue weighted by molar-refractivity contribution is -0.143. The van der Waals surface area contributed by atoms with E-state index in [2.05, 4.69) is 10.6 Å². The molecule has 19 heavy (non-hydrogen) atoms. The molecule has 1 fully saturated rings. The Kier molecular flexibility index (Phi) is 3.74. The molecule has 5 heteroatoms. The second-order valence-corrected chi connectivity index (χ2v) is 5.11. The smallest absolute Gasteiger partial charge is 0.315 e. The van der Waals surface area contributed by atoms with Gasteiger partial charge in [0.15, 0.2) is 0 Å². The van der Waals surface area contributed by atoms with Crippen molar-refractivity contribution in [3.8, 4) is 0 Å². The molecule has 102 valence electrons. The molecule has 0 spiro atoms. The Bertz CT molecular complexity index is 478. The zero-order chi connectivity index (χ0) is 13.9. The summed E-state index contributed by atoms with van der Waals surface area (Å²) in [6.45, 7) is 2.64. The Labute approximate surface area is 112 Å². The molecule has 0 unspecified atom stereocenters. The number of benzene rings is 1. The van der Waals surface area contributed by atoms with Gasteiger partial charge < -0.3 is 15.7 Å². The predicted octanol–water partition coefficient (Wildman–Crippen LogP) is 1.66. The summed E-state index contributed by atoms with van der Waals surface area (Å²) in [5.74, 6) is -0.827. The van der Waals surface area contributed by atoms with Crippen LogP contribution < -0.4 is 10.6 Å². The van der Waals surface area contributed by atoms with Crippen LogP contribution in [-0.4, -0.2) is 23.7 Å². The molecular weight excluding hydrogens is 244 g/mol. The Balaban J connectivity index is 1.73. The largest absolute Gasteiger partial charge is 0.481 e. The third-order valence-electron chi connectivity index (χ3n) is 3.47. The number of aryl methyl sites for hydroxylation is 1. The van der Waals surface area contributed by atoms with Gasteiger partial charge in [0.1, 0.15) is 0 Å². The van der Waals surface area contributed by atoms with E-state index in [0.29, 0.717) is 19.4 Å². The van der Waals surface area contributed by atoms with E-state index in [1.807, 2.05) is 31.2 Å². The van der Waals surface area contributed by atoms with Crippen LogP contribution in [0, 0.1) is 12.3 Å². The van der Waals surface area contributed by atoms with Crippen molar-refractivity contribution < 1.29 is 14.7 Å². The van der Waals surface area contributed by atoms with Gasteiger partial charge >= 0.3 is 12.0 Å². The van der Waals surface area contributed by atoms with Crippen molar-refractivity contribution in [3.63, 3.8) is 0 Å². The molecule has 1 aromatic carbocycles. The second-order valence-electron chi connectivity index (χ2n) is 5.11. The minimum atomic E-state index is -0.827. The highest BCUT2D eigenvalue weighted by Gasteiger charge is 2.50. The first-order chi connectivity index (χ1) is 9.02. The number of hydrogen-bond donors (Lipinski definition) is 3. The lowest BCUT2D eigenvalue weighted by Gasteiger charge is -2.12. The molecule has 1 aliphatic carbocycles. The SMILES string of the molecule is Cc1ccc(CNC(=O)NCC2(C(=O)O)CC2)cc1. The number of carbonyl (C=O) groups is 2. The van der Waals surface area contributed by atoms with Crippen LogP contribution in [0.1, 0.15) is 24.0 Å². The van der Waals surface area contributed by atoms with Crippen LogP contribution >= 0.6 is 0 Å². The molecule has 0 heterocycles. The number of carbonyl (C=O) groups excluding carboxylic acids is 1. The first-order valence-corrected chi connectivity index (χ1v) is 6.32. The van der Waals surface area contributed by atoms with Gasteiger partial charge in [-0.3, -0.25) is 4.79 Å². The van der Waals surface area contributed by atoms with E-state index < -0.39 is 11.4 Å². The van der Waals surface area contributed by atoms with Crippen molar-refractivity contribution in [2.75, 3.05) is 6.54 Å². The third-order valence-corrected chi connectivity index (χ3v) is 3.47. The van der Waals surface area contributed by atoms with Crippen LogP contribution in [-0.2, 0) is 11.3 Å². The van der Waals surface area contributed by atoms with Crippen LogP contribution in [0.2, 0.25) is 0 Å². The van der Waals surface area contributed by atoms with E-state index in [9.17, 15) is 9.59 Å². The maximum absolute atomic E-state index is 11.6. The lowest BCUT2D eigenvalue weighted by atomic mass is 10.1. The number of carboxylic acids is 1. The minimum absolute atomic E-state index is 0.196. The average Bonchev–Trinajstić information content (AvgIpc) is 3.17. The van der Waals surface area contributed by atoms with Crippen LogP contribution in [0.3, 0.4) is 0 Å². The number of nitrogens with one attached hydrogen (secondary N) is 2. The van der Waals surface area contributed by atoms with Gasteiger partial charge in [0.05, 0.1) is 5.41 Å². The molecule has 1 saturated carbocycles. The Morgan fingerprint density at radius 3 is 2.37 bits per heavy atom. The fraction of sp³-hybridized carbons (Fsp3) is 0.429. The summed E-state index contributed by atoms with van der Waals surface area (Å²) in [7, 11) is 0. The molecule has 0 aliphatic heterocycles. The first-order valence-electron chi connectivity index (χ1n) is 6.32. The molecule has 2 amide bonds. The average molecular weight is 262 g/mol. The summed E-state index contributed by atoms with van der Waals surface area (Å²) in [6.07, 6.45) is 1.28. The van der Waals surface area contributed by atoms with Crippen LogP contribution in [0.15, 0.2) is 24.3 Å². The normalized spacial score (nSPS) is 15.6. The van der Waals surface area contributed by atoms with Crippen molar-refractivity contribution in [1.29, 1.82) is 0 Å². The quantitative estimate of drug-likeness (QED) is 0.755. The lowest BCUT2D eigenvalue weighted by Crippen LogP contribution is -2.40. The number of aliphatic carboxylic acids is 1. The molecular formula is C14H18N2O3. The van der Waals surface area contributed by atoms with E-state index in [0.717, 1.165) is 5.56 Å².